The Hall–Kier alpha value is -1.51. The lowest BCUT2D eigenvalue weighted by molar-refractivity contribution is -0.118. The van der Waals surface area contributed by atoms with Crippen LogP contribution >= 0.6 is 23.2 Å². The summed E-state index contributed by atoms with van der Waals surface area (Å²) in [6, 6.07) is 13.2. The zero-order valence-corrected chi connectivity index (χ0v) is 13.1. The normalized spacial score (nSPS) is 15.6. The van der Waals surface area contributed by atoms with Gasteiger partial charge in [0.2, 0.25) is 5.91 Å². The van der Waals surface area contributed by atoms with Crippen LogP contribution in [-0.4, -0.2) is 5.91 Å². The zero-order chi connectivity index (χ0) is 15.0. The average molecular weight is 320 g/mol. The van der Waals surface area contributed by atoms with Crippen LogP contribution in [0.15, 0.2) is 42.5 Å². The molecule has 2 aromatic carbocycles. The van der Waals surface area contributed by atoms with E-state index >= 15 is 0 Å². The van der Waals surface area contributed by atoms with Gasteiger partial charge < -0.3 is 5.32 Å². The summed E-state index contributed by atoms with van der Waals surface area (Å²) in [4.78, 5) is 12.6. The smallest absolute Gasteiger partial charge is 0.235 e. The van der Waals surface area contributed by atoms with E-state index in [1.54, 1.807) is 18.2 Å². The quantitative estimate of drug-likeness (QED) is 0.850. The van der Waals surface area contributed by atoms with E-state index in [9.17, 15) is 4.79 Å². The molecule has 4 heteroatoms. The Kier molecular flexibility index (Phi) is 3.68. The first-order chi connectivity index (χ1) is 10.0. The summed E-state index contributed by atoms with van der Waals surface area (Å²) in [5.74, 6) is -0.00248. The number of carbonyl (C=O) groups excluding carboxylic acids is 1. The van der Waals surface area contributed by atoms with E-state index in [0.29, 0.717) is 15.7 Å². The summed E-state index contributed by atoms with van der Waals surface area (Å²) in [6.07, 6.45) is 1.74. The van der Waals surface area contributed by atoms with E-state index < -0.39 is 5.41 Å². The number of aryl methyl sites for hydroxylation is 1. The third-order valence-electron chi connectivity index (χ3n) is 3.93. The van der Waals surface area contributed by atoms with Gasteiger partial charge in [0.05, 0.1) is 16.1 Å². The van der Waals surface area contributed by atoms with Gasteiger partial charge in [-0.25, -0.2) is 0 Å². The molecule has 0 bridgehead atoms. The molecule has 1 aliphatic rings. The van der Waals surface area contributed by atoms with Gasteiger partial charge >= 0.3 is 0 Å². The number of rotatable bonds is 3. The van der Waals surface area contributed by atoms with E-state index in [4.69, 9.17) is 23.2 Å². The van der Waals surface area contributed by atoms with Crippen LogP contribution in [0.3, 0.4) is 0 Å². The third-order valence-corrected chi connectivity index (χ3v) is 4.48. The van der Waals surface area contributed by atoms with Crippen LogP contribution in [0.1, 0.15) is 24.0 Å². The molecule has 0 atom stereocenters. The van der Waals surface area contributed by atoms with Crippen LogP contribution in [0, 0.1) is 6.92 Å². The summed E-state index contributed by atoms with van der Waals surface area (Å²) in [5, 5.41) is 3.94. The number of hydrogen-bond donors (Lipinski definition) is 1. The molecule has 0 unspecified atom stereocenters. The maximum atomic E-state index is 12.6. The van der Waals surface area contributed by atoms with Crippen molar-refractivity contribution in [3.8, 4) is 0 Å². The minimum absolute atomic E-state index is 0.00248. The number of benzene rings is 2. The molecule has 0 radical (unpaired) electrons. The van der Waals surface area contributed by atoms with Gasteiger partial charge in [0.1, 0.15) is 0 Å². The van der Waals surface area contributed by atoms with Crippen molar-refractivity contribution in [2.45, 2.75) is 25.2 Å². The third kappa shape index (κ3) is 2.78. The SMILES string of the molecule is Cc1cccc(C2(C(=O)Nc3ccc(Cl)cc3Cl)CC2)c1. The van der Waals surface area contributed by atoms with E-state index in [2.05, 4.69) is 11.4 Å². The first-order valence-electron chi connectivity index (χ1n) is 6.85. The van der Waals surface area contributed by atoms with Crippen LogP contribution in [0.2, 0.25) is 10.0 Å². The van der Waals surface area contributed by atoms with Gasteiger partial charge in [0, 0.05) is 5.02 Å². The van der Waals surface area contributed by atoms with E-state index in [1.165, 1.54) is 0 Å². The van der Waals surface area contributed by atoms with Gasteiger partial charge in [0.25, 0.3) is 0 Å². The molecule has 0 saturated heterocycles. The van der Waals surface area contributed by atoms with Gasteiger partial charge in [0.15, 0.2) is 0 Å². The van der Waals surface area contributed by atoms with Crippen LogP contribution in [0.4, 0.5) is 5.69 Å². The molecule has 21 heavy (non-hydrogen) atoms. The summed E-state index contributed by atoms with van der Waals surface area (Å²) >= 11 is 12.0. The Morgan fingerprint density at radius 1 is 1.14 bits per heavy atom. The highest BCUT2D eigenvalue weighted by Crippen LogP contribution is 2.49. The Morgan fingerprint density at radius 3 is 2.52 bits per heavy atom. The summed E-state index contributed by atoms with van der Waals surface area (Å²) in [6.45, 7) is 2.04. The number of halogens is 2. The van der Waals surface area contributed by atoms with Crippen molar-refractivity contribution in [1.82, 2.24) is 0 Å². The predicted octanol–water partition coefficient (Wildman–Crippen LogP) is 4.97. The standard InChI is InChI=1S/C17H15Cl2NO/c1-11-3-2-4-12(9-11)17(7-8-17)16(21)20-15-6-5-13(18)10-14(15)19/h2-6,9-10H,7-8H2,1H3,(H,20,21). The van der Waals surface area contributed by atoms with Gasteiger partial charge in [-0.1, -0.05) is 53.0 Å². The first kappa shape index (κ1) is 14.4. The molecule has 1 saturated carbocycles. The largest absolute Gasteiger partial charge is 0.324 e. The Balaban J connectivity index is 1.85. The lowest BCUT2D eigenvalue weighted by Crippen LogP contribution is -2.28. The van der Waals surface area contributed by atoms with Gasteiger partial charge in [-0.3, -0.25) is 4.79 Å². The molecule has 0 heterocycles. The molecule has 1 N–H and O–H groups in total. The number of hydrogen-bond acceptors (Lipinski definition) is 1. The molecule has 1 amide bonds. The molecular formula is C17H15Cl2NO. The maximum Gasteiger partial charge on any atom is 0.235 e. The Bertz CT molecular complexity index is 708. The number of anilines is 1. The van der Waals surface area contributed by atoms with Gasteiger partial charge in [-0.15, -0.1) is 0 Å². The topological polar surface area (TPSA) is 29.1 Å². The molecule has 0 aromatic heterocycles. The molecular weight excluding hydrogens is 305 g/mol. The highest BCUT2D eigenvalue weighted by molar-refractivity contribution is 6.36. The zero-order valence-electron chi connectivity index (χ0n) is 11.6. The van der Waals surface area contributed by atoms with Crippen molar-refractivity contribution < 1.29 is 4.79 Å². The lowest BCUT2D eigenvalue weighted by Gasteiger charge is -2.17. The number of nitrogens with one attached hydrogen (secondary N) is 1. The minimum Gasteiger partial charge on any atom is -0.324 e. The summed E-state index contributed by atoms with van der Waals surface area (Å²) in [7, 11) is 0. The molecule has 1 fully saturated rings. The second-order valence-corrected chi connectivity index (χ2v) is 6.37. The van der Waals surface area contributed by atoms with E-state index in [-0.39, 0.29) is 5.91 Å². The van der Waals surface area contributed by atoms with Crippen LogP contribution < -0.4 is 5.32 Å². The van der Waals surface area contributed by atoms with Gasteiger partial charge in [-0.05, 0) is 43.5 Å². The average Bonchev–Trinajstić information content (AvgIpc) is 3.23. The highest BCUT2D eigenvalue weighted by Gasteiger charge is 2.51. The van der Waals surface area contributed by atoms with Crippen molar-refractivity contribution in [3.63, 3.8) is 0 Å². The van der Waals surface area contributed by atoms with Crippen LogP contribution in [0.5, 0.6) is 0 Å². The molecule has 0 spiro atoms. The summed E-state index contributed by atoms with van der Waals surface area (Å²) < 4.78 is 0. The maximum absolute atomic E-state index is 12.6. The molecule has 2 aromatic rings. The van der Waals surface area contributed by atoms with Crippen molar-refractivity contribution in [3.05, 3.63) is 63.6 Å². The Labute approximate surface area is 134 Å². The number of amides is 1. The minimum atomic E-state index is -0.408. The number of carbonyl (C=O) groups is 1. The fourth-order valence-corrected chi connectivity index (χ4v) is 3.00. The molecule has 3 rings (SSSR count). The van der Waals surface area contributed by atoms with Crippen molar-refractivity contribution in [2.24, 2.45) is 0 Å². The summed E-state index contributed by atoms with van der Waals surface area (Å²) in [5.41, 5.74) is 2.43. The fraction of sp³-hybridized carbons (Fsp3) is 0.235. The van der Waals surface area contributed by atoms with Crippen LogP contribution in [-0.2, 0) is 10.2 Å². The van der Waals surface area contributed by atoms with Crippen LogP contribution in [0.25, 0.3) is 0 Å². The first-order valence-corrected chi connectivity index (χ1v) is 7.60. The molecule has 1 aliphatic carbocycles. The lowest BCUT2D eigenvalue weighted by atomic mass is 9.93. The van der Waals surface area contributed by atoms with Crippen molar-refractivity contribution in [1.29, 1.82) is 0 Å². The highest BCUT2D eigenvalue weighted by atomic mass is 35.5. The molecule has 2 nitrogen and oxygen atoms in total. The second-order valence-electron chi connectivity index (χ2n) is 5.53. The fourth-order valence-electron chi connectivity index (χ4n) is 2.55. The van der Waals surface area contributed by atoms with Crippen molar-refractivity contribution in [2.75, 3.05) is 5.32 Å². The second kappa shape index (κ2) is 5.36. The van der Waals surface area contributed by atoms with Crippen molar-refractivity contribution >= 4 is 34.8 Å². The predicted molar refractivity (Wildman–Crippen MR) is 87.2 cm³/mol. The Morgan fingerprint density at radius 2 is 1.90 bits per heavy atom. The molecule has 0 aliphatic heterocycles. The monoisotopic (exact) mass is 319 g/mol. The van der Waals surface area contributed by atoms with Gasteiger partial charge in [-0.2, -0.15) is 0 Å². The molecule has 108 valence electrons. The van der Waals surface area contributed by atoms with E-state index in [0.717, 1.165) is 24.0 Å². The van der Waals surface area contributed by atoms with E-state index in [1.807, 2.05) is 25.1 Å².